The number of carbonyl (C=O) groups is 1. The number of nitrogens with one attached hydrogen (secondary N) is 3. The summed E-state index contributed by atoms with van der Waals surface area (Å²) in [5.74, 6) is 0.0575. The normalized spacial score (nSPS) is 11.5. The lowest BCUT2D eigenvalue weighted by atomic mass is 10.1. The zero-order valence-electron chi connectivity index (χ0n) is 19.1. The predicted molar refractivity (Wildman–Crippen MR) is 133 cm³/mol. The Balaban J connectivity index is 1.97. The van der Waals surface area contributed by atoms with E-state index in [9.17, 15) is 23.3 Å². The Morgan fingerprint density at radius 3 is 2.43 bits per heavy atom. The molecule has 11 nitrogen and oxygen atoms in total. The second-order valence-corrected chi connectivity index (χ2v) is 8.97. The Bertz CT molecular complexity index is 1410. The van der Waals surface area contributed by atoms with Gasteiger partial charge < -0.3 is 10.1 Å². The molecular weight excluding hydrogens is 474 g/mol. The average Bonchev–Trinajstić information content (AvgIpc) is 2.82. The molecule has 3 rings (SSSR count). The Kier molecular flexibility index (Phi) is 7.66. The zero-order chi connectivity index (χ0) is 25.6. The highest BCUT2D eigenvalue weighted by Crippen LogP contribution is 2.31. The SMILES string of the molecule is COc1ccccc1NS(=O)(=O)c1cc([N+](=O)[O-])ccc1N/N=C(\C)c1cccc(NC(C)=O)c1. The summed E-state index contributed by atoms with van der Waals surface area (Å²) in [6, 6.07) is 16.7. The topological polar surface area (TPSA) is 152 Å². The molecule has 0 unspecified atom stereocenters. The number of non-ortho nitro benzene ring substituents is 1. The second-order valence-electron chi connectivity index (χ2n) is 7.31. The first-order valence-corrected chi connectivity index (χ1v) is 11.7. The van der Waals surface area contributed by atoms with E-state index in [0.29, 0.717) is 17.0 Å². The number of nitro groups is 1. The molecule has 0 aromatic heterocycles. The highest BCUT2D eigenvalue weighted by atomic mass is 32.2. The maximum Gasteiger partial charge on any atom is 0.270 e. The van der Waals surface area contributed by atoms with Crippen LogP contribution in [0.15, 0.2) is 76.7 Å². The van der Waals surface area contributed by atoms with Gasteiger partial charge in [-0.15, -0.1) is 0 Å². The van der Waals surface area contributed by atoms with Crippen molar-refractivity contribution in [2.75, 3.05) is 22.6 Å². The van der Waals surface area contributed by atoms with Gasteiger partial charge in [0.05, 0.1) is 29.1 Å². The van der Waals surface area contributed by atoms with E-state index in [-0.39, 0.29) is 27.9 Å². The Morgan fingerprint density at radius 1 is 1.00 bits per heavy atom. The standard InChI is InChI=1S/C23H23N5O6S/c1-15(17-7-6-8-18(13-17)24-16(2)29)25-26-21-12-11-19(28(30)31)14-23(21)35(32,33)27-20-9-4-5-10-22(20)34-3/h4-14,26-27H,1-3H3,(H,24,29)/b25-15+. The number of hydrogen-bond acceptors (Lipinski definition) is 8. The Hall–Kier alpha value is -4.45. The summed E-state index contributed by atoms with van der Waals surface area (Å²) in [4.78, 5) is 21.6. The van der Waals surface area contributed by atoms with Gasteiger partial charge in [0.15, 0.2) is 0 Å². The number of anilines is 3. The van der Waals surface area contributed by atoms with Gasteiger partial charge in [-0.05, 0) is 42.8 Å². The van der Waals surface area contributed by atoms with Gasteiger partial charge in [-0.2, -0.15) is 5.10 Å². The molecule has 12 heteroatoms. The molecule has 35 heavy (non-hydrogen) atoms. The molecule has 182 valence electrons. The van der Waals surface area contributed by atoms with Crippen LogP contribution in [0.4, 0.5) is 22.7 Å². The summed E-state index contributed by atoms with van der Waals surface area (Å²) >= 11 is 0. The molecule has 0 heterocycles. The third-order valence-electron chi connectivity index (χ3n) is 4.76. The van der Waals surface area contributed by atoms with Gasteiger partial charge >= 0.3 is 0 Å². The van der Waals surface area contributed by atoms with E-state index in [2.05, 4.69) is 20.6 Å². The second kappa shape index (κ2) is 10.7. The third-order valence-corrected chi connectivity index (χ3v) is 6.17. The summed E-state index contributed by atoms with van der Waals surface area (Å²) in [5.41, 5.74) is 4.20. The van der Waals surface area contributed by atoms with Gasteiger partial charge in [-0.1, -0.05) is 24.3 Å². The number of hydrogen-bond donors (Lipinski definition) is 3. The molecule has 3 aromatic carbocycles. The van der Waals surface area contributed by atoms with Crippen molar-refractivity contribution in [3.8, 4) is 5.75 Å². The molecule has 0 aliphatic heterocycles. The molecule has 0 radical (unpaired) electrons. The first kappa shape index (κ1) is 25.2. The van der Waals surface area contributed by atoms with E-state index in [4.69, 9.17) is 4.74 Å². The fraction of sp³-hybridized carbons (Fsp3) is 0.130. The quantitative estimate of drug-likeness (QED) is 0.228. The average molecular weight is 498 g/mol. The van der Waals surface area contributed by atoms with Crippen molar-refractivity contribution in [2.24, 2.45) is 5.10 Å². The highest BCUT2D eigenvalue weighted by Gasteiger charge is 2.24. The number of para-hydroxylation sites is 2. The van der Waals surface area contributed by atoms with Gasteiger partial charge in [0.25, 0.3) is 15.7 Å². The Labute approximate surface area is 202 Å². The fourth-order valence-corrected chi connectivity index (χ4v) is 4.35. The molecule has 0 aliphatic carbocycles. The predicted octanol–water partition coefficient (Wildman–Crippen LogP) is 4.20. The van der Waals surface area contributed by atoms with Crippen LogP contribution in [0, 0.1) is 10.1 Å². The van der Waals surface area contributed by atoms with E-state index in [0.717, 1.165) is 6.07 Å². The van der Waals surface area contributed by atoms with Crippen LogP contribution in [-0.4, -0.2) is 32.1 Å². The first-order chi connectivity index (χ1) is 16.6. The number of ether oxygens (including phenoxy) is 1. The van der Waals surface area contributed by atoms with Crippen molar-refractivity contribution in [1.29, 1.82) is 0 Å². The van der Waals surface area contributed by atoms with E-state index in [1.807, 2.05) is 0 Å². The van der Waals surface area contributed by atoms with Gasteiger partial charge in [0.1, 0.15) is 10.6 Å². The first-order valence-electron chi connectivity index (χ1n) is 10.2. The largest absolute Gasteiger partial charge is 0.495 e. The Morgan fingerprint density at radius 2 is 1.74 bits per heavy atom. The van der Waals surface area contributed by atoms with Crippen LogP contribution in [-0.2, 0) is 14.8 Å². The lowest BCUT2D eigenvalue weighted by molar-refractivity contribution is -0.385. The minimum absolute atomic E-state index is 0.0235. The van der Waals surface area contributed by atoms with Crippen molar-refractivity contribution in [3.63, 3.8) is 0 Å². The van der Waals surface area contributed by atoms with Crippen LogP contribution in [0.25, 0.3) is 0 Å². The number of sulfonamides is 1. The molecule has 0 saturated heterocycles. The van der Waals surface area contributed by atoms with Gasteiger partial charge in [-0.3, -0.25) is 25.1 Å². The lowest BCUT2D eigenvalue weighted by Gasteiger charge is -2.14. The van der Waals surface area contributed by atoms with E-state index in [1.165, 1.54) is 32.2 Å². The minimum Gasteiger partial charge on any atom is -0.495 e. The number of nitro benzene ring substituents is 1. The van der Waals surface area contributed by atoms with Crippen LogP contribution in [0.2, 0.25) is 0 Å². The van der Waals surface area contributed by atoms with Gasteiger partial charge in [0.2, 0.25) is 5.91 Å². The molecule has 0 spiro atoms. The zero-order valence-corrected chi connectivity index (χ0v) is 19.9. The summed E-state index contributed by atoms with van der Waals surface area (Å²) in [6.07, 6.45) is 0. The number of rotatable bonds is 9. The van der Waals surface area contributed by atoms with E-state index in [1.54, 1.807) is 49.4 Å². The number of hydrazone groups is 1. The van der Waals surface area contributed by atoms with Crippen LogP contribution in [0.3, 0.4) is 0 Å². The molecule has 0 saturated carbocycles. The lowest BCUT2D eigenvalue weighted by Crippen LogP contribution is -2.16. The molecule has 0 atom stereocenters. The summed E-state index contributed by atoms with van der Waals surface area (Å²) < 4.78 is 34.0. The molecule has 3 aromatic rings. The molecular formula is C23H23N5O6S. The summed E-state index contributed by atoms with van der Waals surface area (Å²) in [7, 11) is -2.88. The molecule has 0 aliphatic rings. The smallest absolute Gasteiger partial charge is 0.270 e. The van der Waals surface area contributed by atoms with Crippen molar-refractivity contribution in [3.05, 3.63) is 82.4 Å². The fourth-order valence-electron chi connectivity index (χ4n) is 3.10. The summed E-state index contributed by atoms with van der Waals surface area (Å²) in [6.45, 7) is 3.08. The number of benzene rings is 3. The van der Waals surface area contributed by atoms with Crippen LogP contribution >= 0.6 is 0 Å². The van der Waals surface area contributed by atoms with Crippen LogP contribution < -0.4 is 20.2 Å². The van der Waals surface area contributed by atoms with Crippen LogP contribution in [0.5, 0.6) is 5.75 Å². The van der Waals surface area contributed by atoms with E-state index >= 15 is 0 Å². The van der Waals surface area contributed by atoms with Crippen LogP contribution in [0.1, 0.15) is 19.4 Å². The van der Waals surface area contributed by atoms with Crippen molar-refractivity contribution in [1.82, 2.24) is 0 Å². The number of carbonyl (C=O) groups excluding carboxylic acids is 1. The van der Waals surface area contributed by atoms with Crippen molar-refractivity contribution in [2.45, 2.75) is 18.7 Å². The molecule has 1 amide bonds. The number of methoxy groups -OCH3 is 1. The molecule has 3 N–H and O–H groups in total. The summed E-state index contributed by atoms with van der Waals surface area (Å²) in [5, 5.41) is 18.2. The molecule has 0 fully saturated rings. The van der Waals surface area contributed by atoms with E-state index < -0.39 is 20.6 Å². The maximum absolute atomic E-state index is 13.2. The van der Waals surface area contributed by atoms with Gasteiger partial charge in [0, 0.05) is 24.7 Å². The monoisotopic (exact) mass is 497 g/mol. The maximum atomic E-state index is 13.2. The van der Waals surface area contributed by atoms with Crippen molar-refractivity contribution >= 4 is 44.4 Å². The van der Waals surface area contributed by atoms with Gasteiger partial charge in [-0.25, -0.2) is 8.42 Å². The highest BCUT2D eigenvalue weighted by molar-refractivity contribution is 7.93. The third kappa shape index (κ3) is 6.32. The number of amides is 1. The van der Waals surface area contributed by atoms with Crippen molar-refractivity contribution < 1.29 is 22.9 Å². The minimum atomic E-state index is -4.28. The number of nitrogens with zero attached hydrogens (tertiary/aromatic N) is 2. The molecule has 0 bridgehead atoms.